The summed E-state index contributed by atoms with van der Waals surface area (Å²) < 4.78 is 1.11. The molecular weight excluding hydrogens is 288 g/mol. The Balaban J connectivity index is 1.77. The van der Waals surface area contributed by atoms with Crippen LogP contribution in [-0.2, 0) is 0 Å². The summed E-state index contributed by atoms with van der Waals surface area (Å²) in [4.78, 5) is 2.55. The second-order valence-corrected chi connectivity index (χ2v) is 6.39. The van der Waals surface area contributed by atoms with Gasteiger partial charge in [-0.05, 0) is 62.5 Å². The van der Waals surface area contributed by atoms with Gasteiger partial charge in [0.1, 0.15) is 0 Å². The van der Waals surface area contributed by atoms with Crippen molar-refractivity contribution in [2.45, 2.75) is 32.2 Å². The number of benzene rings is 1. The number of hydrogen-bond acceptors (Lipinski definition) is 2. The molecule has 100 valence electrons. The fourth-order valence-corrected chi connectivity index (χ4v) is 2.75. The lowest BCUT2D eigenvalue weighted by molar-refractivity contribution is 0.187. The van der Waals surface area contributed by atoms with Gasteiger partial charge in [-0.3, -0.25) is 0 Å². The number of hydrogen-bond donors (Lipinski definition) is 1. The molecule has 0 amide bonds. The van der Waals surface area contributed by atoms with Crippen LogP contribution < -0.4 is 5.73 Å². The van der Waals surface area contributed by atoms with Crippen molar-refractivity contribution in [3.63, 3.8) is 0 Å². The zero-order chi connectivity index (χ0) is 13.0. The topological polar surface area (TPSA) is 29.3 Å². The summed E-state index contributed by atoms with van der Waals surface area (Å²) in [6.07, 6.45) is 3.73. The lowest BCUT2D eigenvalue weighted by atomic mass is 9.98. The van der Waals surface area contributed by atoms with Crippen LogP contribution in [0.25, 0.3) is 0 Å². The van der Waals surface area contributed by atoms with Crippen LogP contribution in [0.4, 0.5) is 0 Å². The van der Waals surface area contributed by atoms with E-state index in [-0.39, 0.29) is 6.04 Å². The van der Waals surface area contributed by atoms with Crippen molar-refractivity contribution in [3.8, 4) is 0 Å². The highest BCUT2D eigenvalue weighted by Crippen LogP contribution is 2.20. The van der Waals surface area contributed by atoms with E-state index in [0.717, 1.165) is 23.4 Å². The van der Waals surface area contributed by atoms with Crippen molar-refractivity contribution < 1.29 is 0 Å². The Labute approximate surface area is 119 Å². The van der Waals surface area contributed by atoms with Gasteiger partial charge in [0.25, 0.3) is 0 Å². The molecule has 1 fully saturated rings. The maximum atomic E-state index is 6.25. The molecule has 0 spiro atoms. The smallest absolute Gasteiger partial charge is 0.0307 e. The first-order valence-corrected chi connectivity index (χ1v) is 7.68. The van der Waals surface area contributed by atoms with E-state index in [0.29, 0.717) is 0 Å². The number of rotatable bonds is 4. The van der Waals surface area contributed by atoms with Crippen molar-refractivity contribution in [1.29, 1.82) is 0 Å². The number of piperidine rings is 1. The number of likely N-dealkylation sites (tertiary alicyclic amines) is 1. The van der Waals surface area contributed by atoms with Crippen LogP contribution in [0.15, 0.2) is 28.7 Å². The van der Waals surface area contributed by atoms with E-state index in [1.54, 1.807) is 0 Å². The molecule has 1 heterocycles. The second kappa shape index (κ2) is 6.69. The Morgan fingerprint density at radius 2 is 1.89 bits per heavy atom. The van der Waals surface area contributed by atoms with E-state index in [2.05, 4.69) is 52.0 Å². The zero-order valence-corrected chi connectivity index (χ0v) is 12.7. The van der Waals surface area contributed by atoms with E-state index in [9.17, 15) is 0 Å². The third-order valence-corrected chi connectivity index (χ3v) is 4.46. The second-order valence-electron chi connectivity index (χ2n) is 5.47. The van der Waals surface area contributed by atoms with Gasteiger partial charge < -0.3 is 10.6 Å². The third-order valence-electron chi connectivity index (χ3n) is 3.93. The highest BCUT2D eigenvalue weighted by Gasteiger charge is 2.16. The van der Waals surface area contributed by atoms with E-state index in [1.807, 2.05) is 0 Å². The summed E-state index contributed by atoms with van der Waals surface area (Å²) in [6, 6.07) is 8.53. The van der Waals surface area contributed by atoms with Crippen molar-refractivity contribution in [3.05, 3.63) is 34.3 Å². The van der Waals surface area contributed by atoms with E-state index < -0.39 is 0 Å². The maximum Gasteiger partial charge on any atom is 0.0307 e. The summed E-state index contributed by atoms with van der Waals surface area (Å²) >= 11 is 3.45. The van der Waals surface area contributed by atoms with Crippen molar-refractivity contribution in [1.82, 2.24) is 4.90 Å². The predicted molar refractivity (Wildman–Crippen MR) is 80.5 cm³/mol. The first-order valence-electron chi connectivity index (χ1n) is 6.88. The molecule has 1 aliphatic rings. The number of nitrogens with zero attached hydrogens (tertiary/aromatic N) is 1. The molecule has 0 bridgehead atoms. The zero-order valence-electron chi connectivity index (χ0n) is 11.1. The minimum Gasteiger partial charge on any atom is -0.324 e. The largest absolute Gasteiger partial charge is 0.324 e. The molecule has 0 aliphatic carbocycles. The summed E-state index contributed by atoms with van der Waals surface area (Å²) in [6.45, 7) is 5.97. The molecule has 1 aromatic carbocycles. The fraction of sp³-hybridized carbons (Fsp3) is 0.600. The van der Waals surface area contributed by atoms with Gasteiger partial charge in [0.15, 0.2) is 0 Å². The monoisotopic (exact) mass is 310 g/mol. The highest BCUT2D eigenvalue weighted by atomic mass is 79.9. The van der Waals surface area contributed by atoms with Gasteiger partial charge in [0.05, 0.1) is 0 Å². The van der Waals surface area contributed by atoms with Crippen LogP contribution in [0.3, 0.4) is 0 Å². The van der Waals surface area contributed by atoms with Crippen molar-refractivity contribution in [2.75, 3.05) is 19.6 Å². The highest BCUT2D eigenvalue weighted by molar-refractivity contribution is 9.10. The first kappa shape index (κ1) is 14.0. The average molecular weight is 311 g/mol. The van der Waals surface area contributed by atoms with Gasteiger partial charge in [-0.1, -0.05) is 35.0 Å². The van der Waals surface area contributed by atoms with Gasteiger partial charge >= 0.3 is 0 Å². The molecule has 1 aromatic rings. The molecule has 2 nitrogen and oxygen atoms in total. The lowest BCUT2D eigenvalue weighted by Crippen LogP contribution is -2.34. The number of halogens is 1. The first-order chi connectivity index (χ1) is 8.65. The lowest BCUT2D eigenvalue weighted by Gasteiger charge is -2.30. The Hall–Kier alpha value is -0.380. The molecule has 0 saturated carbocycles. The van der Waals surface area contributed by atoms with Gasteiger partial charge in [-0.2, -0.15) is 0 Å². The molecule has 3 heteroatoms. The Morgan fingerprint density at radius 1 is 1.28 bits per heavy atom. The molecule has 0 radical (unpaired) electrons. The van der Waals surface area contributed by atoms with Gasteiger partial charge in [0.2, 0.25) is 0 Å². The van der Waals surface area contributed by atoms with Crippen LogP contribution in [-0.4, -0.2) is 24.5 Å². The maximum absolute atomic E-state index is 6.25. The molecule has 18 heavy (non-hydrogen) atoms. The van der Waals surface area contributed by atoms with Crippen LogP contribution >= 0.6 is 15.9 Å². The molecule has 2 N–H and O–H groups in total. The number of nitrogens with two attached hydrogens (primary N) is 1. The molecular formula is C15H23BrN2. The minimum absolute atomic E-state index is 0.164. The quantitative estimate of drug-likeness (QED) is 0.921. The van der Waals surface area contributed by atoms with Crippen molar-refractivity contribution in [2.24, 2.45) is 11.7 Å². The van der Waals surface area contributed by atoms with Crippen LogP contribution in [0.1, 0.15) is 37.8 Å². The van der Waals surface area contributed by atoms with E-state index >= 15 is 0 Å². The van der Waals surface area contributed by atoms with Crippen LogP contribution in [0.5, 0.6) is 0 Å². The molecule has 0 aromatic heterocycles. The standard InChI is InChI=1S/C15H23BrN2/c1-12-6-9-18(10-7-12)11-8-15(17)13-2-4-14(16)5-3-13/h2-5,12,15H,6-11,17H2,1H3. The normalized spacial score (nSPS) is 19.9. The average Bonchev–Trinajstić information content (AvgIpc) is 2.38. The summed E-state index contributed by atoms with van der Waals surface area (Å²) in [5, 5.41) is 0. The summed E-state index contributed by atoms with van der Waals surface area (Å²) in [7, 11) is 0. The Bertz CT molecular complexity index is 355. The molecule has 1 saturated heterocycles. The van der Waals surface area contributed by atoms with Gasteiger partial charge in [0, 0.05) is 10.5 Å². The molecule has 2 rings (SSSR count). The summed E-state index contributed by atoms with van der Waals surface area (Å²) in [5.74, 6) is 0.904. The van der Waals surface area contributed by atoms with Crippen molar-refractivity contribution >= 4 is 15.9 Å². The molecule has 1 atom stereocenters. The van der Waals surface area contributed by atoms with Crippen LogP contribution in [0, 0.1) is 5.92 Å². The SMILES string of the molecule is CC1CCN(CCC(N)c2ccc(Br)cc2)CC1. The predicted octanol–water partition coefficient (Wildman–Crippen LogP) is 3.57. The molecule has 1 aliphatic heterocycles. The Kier molecular flexibility index (Phi) is 5.22. The Morgan fingerprint density at radius 3 is 2.50 bits per heavy atom. The minimum atomic E-state index is 0.164. The third kappa shape index (κ3) is 4.08. The van der Waals surface area contributed by atoms with E-state index in [4.69, 9.17) is 5.73 Å². The summed E-state index contributed by atoms with van der Waals surface area (Å²) in [5.41, 5.74) is 7.49. The van der Waals surface area contributed by atoms with Gasteiger partial charge in [-0.15, -0.1) is 0 Å². The fourth-order valence-electron chi connectivity index (χ4n) is 2.48. The van der Waals surface area contributed by atoms with Gasteiger partial charge in [-0.25, -0.2) is 0 Å². The van der Waals surface area contributed by atoms with E-state index in [1.165, 1.54) is 31.5 Å². The molecule has 1 unspecified atom stereocenters. The van der Waals surface area contributed by atoms with Crippen LogP contribution in [0.2, 0.25) is 0 Å².